The molecule has 3 aromatic rings. The van der Waals surface area contributed by atoms with Crippen molar-refractivity contribution in [2.45, 2.75) is 13.3 Å². The van der Waals surface area contributed by atoms with Crippen molar-refractivity contribution in [1.82, 2.24) is 0 Å². The summed E-state index contributed by atoms with van der Waals surface area (Å²) in [6, 6.07) is 32.2. The number of ether oxygens (including phenoxy) is 1. The molecular formula is C24H26O2P+. The minimum Gasteiger partial charge on any atom is -0.469 e. The molecule has 0 saturated heterocycles. The summed E-state index contributed by atoms with van der Waals surface area (Å²) in [6.07, 6.45) is 1.72. The van der Waals surface area contributed by atoms with Crippen LogP contribution < -0.4 is 15.9 Å². The van der Waals surface area contributed by atoms with Gasteiger partial charge in [-0.25, -0.2) is 0 Å². The molecule has 0 radical (unpaired) electrons. The second-order valence-corrected chi connectivity index (χ2v) is 10.4. The Morgan fingerprint density at radius 3 is 1.48 bits per heavy atom. The maximum absolute atomic E-state index is 12.0. The lowest BCUT2D eigenvalue weighted by Gasteiger charge is -2.28. The highest BCUT2D eigenvalue weighted by Crippen LogP contribution is 2.56. The Balaban J connectivity index is 2.15. The van der Waals surface area contributed by atoms with Crippen LogP contribution in [0.15, 0.2) is 91.0 Å². The molecule has 0 amide bonds. The highest BCUT2D eigenvalue weighted by molar-refractivity contribution is 7.95. The first-order valence-corrected chi connectivity index (χ1v) is 11.3. The molecule has 0 saturated carbocycles. The van der Waals surface area contributed by atoms with E-state index in [1.54, 1.807) is 0 Å². The highest BCUT2D eigenvalue weighted by atomic mass is 31.2. The molecule has 0 bridgehead atoms. The molecule has 0 fully saturated rings. The Kier molecular flexibility index (Phi) is 6.42. The lowest BCUT2D eigenvalue weighted by Crippen LogP contribution is -2.34. The Morgan fingerprint density at radius 2 is 1.15 bits per heavy atom. The molecule has 1 unspecified atom stereocenters. The summed E-state index contributed by atoms with van der Waals surface area (Å²) in [5.74, 6) is -0.257. The maximum atomic E-state index is 12.0. The fraction of sp³-hybridized carbons (Fsp3) is 0.208. The Morgan fingerprint density at radius 1 is 0.778 bits per heavy atom. The lowest BCUT2D eigenvalue weighted by molar-refractivity contribution is -0.144. The fourth-order valence-corrected chi connectivity index (χ4v) is 8.08. The molecule has 1 atom stereocenters. The van der Waals surface area contributed by atoms with Gasteiger partial charge in [0.1, 0.15) is 23.2 Å². The van der Waals surface area contributed by atoms with Crippen molar-refractivity contribution < 1.29 is 9.53 Å². The third-order valence-corrected chi connectivity index (χ3v) is 9.56. The SMILES string of the molecule is COC(=O)C(C)CC[P+](c1ccccc1)(c1ccccc1)c1ccccc1. The van der Waals surface area contributed by atoms with Crippen LogP contribution in [0.1, 0.15) is 13.3 Å². The van der Waals surface area contributed by atoms with Crippen molar-refractivity contribution in [2.75, 3.05) is 13.3 Å². The van der Waals surface area contributed by atoms with E-state index < -0.39 is 7.26 Å². The fourth-order valence-electron chi connectivity index (χ4n) is 3.59. The van der Waals surface area contributed by atoms with Gasteiger partial charge in [-0.05, 0) is 42.8 Å². The summed E-state index contributed by atoms with van der Waals surface area (Å²) in [7, 11) is -0.400. The topological polar surface area (TPSA) is 26.3 Å². The van der Waals surface area contributed by atoms with Crippen molar-refractivity contribution in [2.24, 2.45) is 5.92 Å². The molecule has 0 aromatic heterocycles. The van der Waals surface area contributed by atoms with Crippen molar-refractivity contribution in [3.05, 3.63) is 91.0 Å². The number of rotatable bonds is 7. The number of carbonyl (C=O) groups is 1. The zero-order valence-electron chi connectivity index (χ0n) is 15.9. The second kappa shape index (κ2) is 8.97. The maximum Gasteiger partial charge on any atom is 0.308 e. The molecule has 0 aliphatic carbocycles. The average Bonchev–Trinajstić information content (AvgIpc) is 2.75. The summed E-state index contributed by atoms with van der Waals surface area (Å²) in [6.45, 7) is 1.96. The normalized spacial score (nSPS) is 12.4. The molecule has 0 aliphatic heterocycles. The first-order valence-electron chi connectivity index (χ1n) is 9.31. The first-order chi connectivity index (χ1) is 13.2. The number of benzene rings is 3. The molecule has 0 heterocycles. The van der Waals surface area contributed by atoms with Crippen molar-refractivity contribution in [3.8, 4) is 0 Å². The summed E-state index contributed by atoms with van der Waals surface area (Å²) in [4.78, 5) is 12.0. The van der Waals surface area contributed by atoms with Crippen LogP contribution in [0.3, 0.4) is 0 Å². The van der Waals surface area contributed by atoms with Gasteiger partial charge in [-0.1, -0.05) is 61.5 Å². The van der Waals surface area contributed by atoms with E-state index in [9.17, 15) is 4.79 Å². The smallest absolute Gasteiger partial charge is 0.308 e. The molecule has 138 valence electrons. The van der Waals surface area contributed by atoms with Gasteiger partial charge in [-0.3, -0.25) is 4.79 Å². The van der Waals surface area contributed by atoms with Gasteiger partial charge in [0.15, 0.2) is 0 Å². The van der Waals surface area contributed by atoms with Crippen molar-refractivity contribution >= 4 is 29.1 Å². The standard InChI is InChI=1S/C24H26O2P/c1-20(24(25)26-2)18-19-27(21-12-6-3-7-13-21,22-14-8-4-9-15-22)23-16-10-5-11-17-23/h3-17,20H,18-19H2,1-2H3/q+1. The van der Waals surface area contributed by atoms with Gasteiger partial charge in [0.25, 0.3) is 0 Å². The van der Waals surface area contributed by atoms with Crippen LogP contribution in [0.25, 0.3) is 0 Å². The van der Waals surface area contributed by atoms with Gasteiger partial charge in [-0.2, -0.15) is 0 Å². The van der Waals surface area contributed by atoms with Gasteiger partial charge < -0.3 is 4.74 Å². The zero-order valence-corrected chi connectivity index (χ0v) is 16.8. The predicted molar refractivity (Wildman–Crippen MR) is 116 cm³/mol. The van der Waals surface area contributed by atoms with Crippen molar-refractivity contribution in [1.29, 1.82) is 0 Å². The Hall–Kier alpha value is -2.44. The summed E-state index contributed by atoms with van der Waals surface area (Å²) < 4.78 is 4.97. The minimum atomic E-state index is -1.87. The first kappa shape index (κ1) is 19.3. The predicted octanol–water partition coefficient (Wildman–Crippen LogP) is 4.18. The van der Waals surface area contributed by atoms with E-state index in [4.69, 9.17) is 4.74 Å². The molecule has 27 heavy (non-hydrogen) atoms. The molecule has 0 aliphatic rings. The van der Waals surface area contributed by atoms with Crippen LogP contribution in [0.4, 0.5) is 0 Å². The second-order valence-electron chi connectivity index (χ2n) is 6.75. The van der Waals surface area contributed by atoms with E-state index in [2.05, 4.69) is 91.0 Å². The zero-order chi connectivity index (χ0) is 19.1. The van der Waals surface area contributed by atoms with Gasteiger partial charge in [0.2, 0.25) is 0 Å². The van der Waals surface area contributed by atoms with E-state index in [1.165, 1.54) is 23.0 Å². The Labute approximate surface area is 162 Å². The van der Waals surface area contributed by atoms with Crippen LogP contribution in [-0.2, 0) is 9.53 Å². The van der Waals surface area contributed by atoms with Gasteiger partial charge >= 0.3 is 5.97 Å². The number of hydrogen-bond acceptors (Lipinski definition) is 2. The highest BCUT2D eigenvalue weighted by Gasteiger charge is 2.45. The van der Waals surface area contributed by atoms with E-state index >= 15 is 0 Å². The van der Waals surface area contributed by atoms with Crippen LogP contribution in [-0.4, -0.2) is 19.2 Å². The molecule has 0 spiro atoms. The largest absolute Gasteiger partial charge is 0.469 e. The Bertz CT molecular complexity index is 751. The van der Waals surface area contributed by atoms with Crippen LogP contribution in [0.5, 0.6) is 0 Å². The van der Waals surface area contributed by atoms with E-state index in [0.29, 0.717) is 0 Å². The molecule has 3 rings (SSSR count). The number of methoxy groups -OCH3 is 1. The molecule has 0 N–H and O–H groups in total. The molecule has 3 aromatic carbocycles. The van der Waals surface area contributed by atoms with Crippen LogP contribution in [0.2, 0.25) is 0 Å². The number of carbonyl (C=O) groups excluding carboxylic acids is 1. The van der Waals surface area contributed by atoms with Crippen molar-refractivity contribution in [3.63, 3.8) is 0 Å². The third-order valence-electron chi connectivity index (χ3n) is 5.09. The van der Waals surface area contributed by atoms with Gasteiger partial charge in [0, 0.05) is 0 Å². The van der Waals surface area contributed by atoms with E-state index in [-0.39, 0.29) is 11.9 Å². The van der Waals surface area contributed by atoms with Crippen LogP contribution in [0, 0.1) is 5.92 Å². The monoisotopic (exact) mass is 377 g/mol. The van der Waals surface area contributed by atoms with Gasteiger partial charge in [-0.15, -0.1) is 0 Å². The summed E-state index contributed by atoms with van der Waals surface area (Å²) in [5.41, 5.74) is 0. The van der Waals surface area contributed by atoms with E-state index in [0.717, 1.165) is 12.6 Å². The van der Waals surface area contributed by atoms with E-state index in [1.807, 2.05) is 6.92 Å². The number of esters is 1. The average molecular weight is 377 g/mol. The summed E-state index contributed by atoms with van der Waals surface area (Å²) in [5, 5.41) is 4.04. The van der Waals surface area contributed by atoms with Crippen LogP contribution >= 0.6 is 7.26 Å². The molecule has 3 heteroatoms. The van der Waals surface area contributed by atoms with Gasteiger partial charge in [0.05, 0.1) is 19.2 Å². The molecular weight excluding hydrogens is 351 g/mol. The summed E-state index contributed by atoms with van der Waals surface area (Å²) >= 11 is 0. The third kappa shape index (κ3) is 4.12. The minimum absolute atomic E-state index is 0.120. The lowest BCUT2D eigenvalue weighted by atomic mass is 10.1. The quantitative estimate of drug-likeness (QED) is 0.456. The number of hydrogen-bond donors (Lipinski definition) is 0. The molecule has 2 nitrogen and oxygen atoms in total.